The molecule has 8 nitrogen and oxygen atoms in total. The summed E-state index contributed by atoms with van der Waals surface area (Å²) in [4.78, 5) is 48.7. The molecule has 0 spiro atoms. The smallest absolute Gasteiger partial charge is 0.306 e. The Bertz CT molecular complexity index is 1000. The molecule has 0 unspecified atom stereocenters. The summed E-state index contributed by atoms with van der Waals surface area (Å²) in [6, 6.07) is 6.66. The van der Waals surface area contributed by atoms with Gasteiger partial charge in [0.15, 0.2) is 6.61 Å². The second-order valence-electron chi connectivity index (χ2n) is 6.66. The maximum atomic E-state index is 12.2. The highest BCUT2D eigenvalue weighted by Crippen LogP contribution is 2.38. The standard InChI is InChI=1S/C20H20ClN3O5S/c21-12-5-1-2-6-13(12)23-16(26)10-29-17(27)9-8-15(25)24-20-18(19(22)28)11-4-3-7-14(11)30-20/h1-2,5-6H,3-4,7-10H2,(H2,22,28)(H,23,26)(H,24,25). The van der Waals surface area contributed by atoms with Crippen LogP contribution in [0.1, 0.15) is 40.1 Å². The lowest BCUT2D eigenvalue weighted by Crippen LogP contribution is -2.22. The van der Waals surface area contributed by atoms with Crippen LogP contribution in [0.3, 0.4) is 0 Å². The van der Waals surface area contributed by atoms with Crippen molar-refractivity contribution in [3.63, 3.8) is 0 Å². The number of carbonyl (C=O) groups excluding carboxylic acids is 4. The number of para-hydroxylation sites is 1. The molecule has 2 aromatic rings. The minimum Gasteiger partial charge on any atom is -0.456 e. The SMILES string of the molecule is NC(=O)c1c(NC(=O)CCC(=O)OCC(=O)Nc2ccccc2Cl)sc2c1CCC2. The van der Waals surface area contributed by atoms with Crippen molar-refractivity contribution in [1.29, 1.82) is 0 Å². The van der Waals surface area contributed by atoms with Gasteiger partial charge in [-0.3, -0.25) is 19.2 Å². The van der Waals surface area contributed by atoms with Crippen molar-refractivity contribution in [3.8, 4) is 0 Å². The van der Waals surface area contributed by atoms with Crippen LogP contribution in [0.25, 0.3) is 0 Å². The number of primary amides is 1. The van der Waals surface area contributed by atoms with Gasteiger partial charge in [-0.05, 0) is 37.0 Å². The number of hydrogen-bond donors (Lipinski definition) is 3. The number of halogens is 1. The van der Waals surface area contributed by atoms with Crippen molar-refractivity contribution in [1.82, 2.24) is 0 Å². The van der Waals surface area contributed by atoms with Gasteiger partial charge in [0, 0.05) is 11.3 Å². The molecule has 1 aliphatic carbocycles. The number of anilines is 2. The molecule has 3 rings (SSSR count). The third-order valence-electron chi connectivity index (χ3n) is 4.49. The minimum atomic E-state index is -0.691. The third-order valence-corrected chi connectivity index (χ3v) is 6.03. The first-order chi connectivity index (χ1) is 14.3. The molecule has 158 valence electrons. The van der Waals surface area contributed by atoms with Crippen molar-refractivity contribution in [2.24, 2.45) is 5.73 Å². The fraction of sp³-hybridized carbons (Fsp3) is 0.300. The Kier molecular flexibility index (Phi) is 7.07. The second kappa shape index (κ2) is 9.73. The van der Waals surface area contributed by atoms with Crippen molar-refractivity contribution >= 4 is 57.3 Å². The van der Waals surface area contributed by atoms with E-state index in [9.17, 15) is 19.2 Å². The second-order valence-corrected chi connectivity index (χ2v) is 8.17. The van der Waals surface area contributed by atoms with Gasteiger partial charge in [-0.2, -0.15) is 0 Å². The Balaban J connectivity index is 1.44. The normalized spacial score (nSPS) is 12.2. The van der Waals surface area contributed by atoms with Crippen LogP contribution in [0.2, 0.25) is 5.02 Å². The highest BCUT2D eigenvalue weighted by Gasteiger charge is 2.26. The zero-order valence-electron chi connectivity index (χ0n) is 16.0. The van der Waals surface area contributed by atoms with E-state index in [0.29, 0.717) is 21.3 Å². The average Bonchev–Trinajstić information content (AvgIpc) is 3.27. The number of esters is 1. The molecular weight excluding hydrogens is 430 g/mol. The molecule has 0 saturated carbocycles. The Hall–Kier alpha value is -2.91. The van der Waals surface area contributed by atoms with E-state index >= 15 is 0 Å². The van der Waals surface area contributed by atoms with Gasteiger partial charge < -0.3 is 21.1 Å². The number of fused-ring (bicyclic) bond motifs is 1. The fourth-order valence-corrected chi connectivity index (χ4v) is 4.62. The number of hydrogen-bond acceptors (Lipinski definition) is 6. The number of ether oxygens (including phenoxy) is 1. The molecule has 0 aliphatic heterocycles. The lowest BCUT2D eigenvalue weighted by Gasteiger charge is -2.08. The van der Waals surface area contributed by atoms with Crippen LogP contribution < -0.4 is 16.4 Å². The lowest BCUT2D eigenvalue weighted by molar-refractivity contribution is -0.147. The summed E-state index contributed by atoms with van der Waals surface area (Å²) in [5.41, 5.74) is 7.14. The van der Waals surface area contributed by atoms with Crippen LogP contribution >= 0.6 is 22.9 Å². The zero-order valence-corrected chi connectivity index (χ0v) is 17.5. The summed E-state index contributed by atoms with van der Waals surface area (Å²) in [6.07, 6.45) is 2.24. The first-order valence-electron chi connectivity index (χ1n) is 9.29. The third kappa shape index (κ3) is 5.37. The Morgan fingerprint density at radius 1 is 1.07 bits per heavy atom. The molecule has 1 aliphatic rings. The number of nitrogens with one attached hydrogen (secondary N) is 2. The number of aryl methyl sites for hydroxylation is 1. The van der Waals surface area contributed by atoms with Gasteiger partial charge in [-0.25, -0.2) is 0 Å². The molecule has 0 atom stereocenters. The number of amides is 3. The van der Waals surface area contributed by atoms with E-state index in [1.54, 1.807) is 24.3 Å². The first-order valence-corrected chi connectivity index (χ1v) is 10.5. The molecule has 10 heteroatoms. The summed E-state index contributed by atoms with van der Waals surface area (Å²) in [6.45, 7) is -0.491. The van der Waals surface area contributed by atoms with E-state index in [1.165, 1.54) is 11.3 Å². The van der Waals surface area contributed by atoms with Crippen molar-refractivity contribution < 1.29 is 23.9 Å². The number of thiophene rings is 1. The fourth-order valence-electron chi connectivity index (χ4n) is 3.12. The number of nitrogens with two attached hydrogens (primary N) is 1. The quantitative estimate of drug-likeness (QED) is 0.534. The molecule has 1 aromatic heterocycles. The van der Waals surface area contributed by atoms with Crippen LogP contribution in [0.4, 0.5) is 10.7 Å². The van der Waals surface area contributed by atoms with Crippen LogP contribution in [0.15, 0.2) is 24.3 Å². The molecular formula is C20H20ClN3O5S. The monoisotopic (exact) mass is 449 g/mol. The largest absolute Gasteiger partial charge is 0.456 e. The highest BCUT2D eigenvalue weighted by atomic mass is 35.5. The van der Waals surface area contributed by atoms with E-state index in [1.807, 2.05) is 0 Å². The van der Waals surface area contributed by atoms with Crippen LogP contribution in [-0.4, -0.2) is 30.3 Å². The van der Waals surface area contributed by atoms with E-state index in [2.05, 4.69) is 10.6 Å². The predicted octanol–water partition coefficient (Wildman–Crippen LogP) is 2.89. The van der Waals surface area contributed by atoms with Gasteiger partial charge in [0.1, 0.15) is 5.00 Å². The summed E-state index contributed by atoms with van der Waals surface area (Å²) < 4.78 is 4.88. The van der Waals surface area contributed by atoms with Crippen LogP contribution in [0.5, 0.6) is 0 Å². The molecule has 3 amide bonds. The molecule has 1 aromatic carbocycles. The summed E-state index contributed by atoms with van der Waals surface area (Å²) >= 11 is 7.28. The van der Waals surface area contributed by atoms with Gasteiger partial charge in [-0.1, -0.05) is 23.7 Å². The molecule has 0 radical (unpaired) electrons. The summed E-state index contributed by atoms with van der Waals surface area (Å²) in [5.74, 6) is -2.24. The Morgan fingerprint density at radius 2 is 1.83 bits per heavy atom. The lowest BCUT2D eigenvalue weighted by atomic mass is 10.1. The molecule has 0 saturated heterocycles. The number of rotatable bonds is 8. The Morgan fingerprint density at radius 3 is 2.57 bits per heavy atom. The van der Waals surface area contributed by atoms with Gasteiger partial charge in [0.2, 0.25) is 5.91 Å². The van der Waals surface area contributed by atoms with Gasteiger partial charge in [-0.15, -0.1) is 11.3 Å². The van der Waals surface area contributed by atoms with Crippen LogP contribution in [-0.2, 0) is 32.0 Å². The first kappa shape index (κ1) is 21.8. The van der Waals surface area contributed by atoms with Crippen LogP contribution in [0, 0.1) is 0 Å². The molecule has 30 heavy (non-hydrogen) atoms. The topological polar surface area (TPSA) is 128 Å². The summed E-state index contributed by atoms with van der Waals surface area (Å²) in [7, 11) is 0. The van der Waals surface area contributed by atoms with Crippen molar-refractivity contribution in [3.05, 3.63) is 45.3 Å². The highest BCUT2D eigenvalue weighted by molar-refractivity contribution is 7.17. The van der Waals surface area contributed by atoms with Gasteiger partial charge in [0.25, 0.3) is 11.8 Å². The van der Waals surface area contributed by atoms with E-state index in [4.69, 9.17) is 22.1 Å². The number of benzene rings is 1. The molecule has 4 N–H and O–H groups in total. The zero-order chi connectivity index (χ0) is 21.7. The van der Waals surface area contributed by atoms with Crippen molar-refractivity contribution in [2.45, 2.75) is 32.1 Å². The predicted molar refractivity (Wildman–Crippen MR) is 114 cm³/mol. The maximum absolute atomic E-state index is 12.2. The Labute approximate surface area is 181 Å². The van der Waals surface area contributed by atoms with Crippen molar-refractivity contribution in [2.75, 3.05) is 17.2 Å². The van der Waals surface area contributed by atoms with E-state index in [-0.39, 0.29) is 12.8 Å². The van der Waals surface area contributed by atoms with Gasteiger partial charge in [0.05, 0.1) is 22.7 Å². The maximum Gasteiger partial charge on any atom is 0.306 e. The molecule has 0 fully saturated rings. The molecule has 0 bridgehead atoms. The molecule has 1 heterocycles. The van der Waals surface area contributed by atoms with Gasteiger partial charge >= 0.3 is 5.97 Å². The van der Waals surface area contributed by atoms with E-state index < -0.39 is 30.3 Å². The number of carbonyl (C=O) groups is 4. The minimum absolute atomic E-state index is 0.147. The van der Waals surface area contributed by atoms with E-state index in [0.717, 1.165) is 29.7 Å². The average molecular weight is 450 g/mol. The summed E-state index contributed by atoms with van der Waals surface area (Å²) in [5, 5.41) is 5.97.